The Morgan fingerprint density at radius 2 is 2.03 bits per heavy atom. The summed E-state index contributed by atoms with van der Waals surface area (Å²) < 4.78 is 4.09. The molecule has 0 bridgehead atoms. The molecule has 172 valence electrons. The monoisotopic (exact) mass is 501 g/mol. The number of nitrogens with zero attached hydrogens (tertiary/aromatic N) is 5. The molecule has 4 heterocycles. The van der Waals surface area contributed by atoms with Crippen LogP contribution < -0.4 is 11.2 Å². The highest BCUT2D eigenvalue weighted by Gasteiger charge is 2.33. The number of carbonyl (C=O) groups is 1. The first-order chi connectivity index (χ1) is 15.0. The lowest BCUT2D eigenvalue weighted by Crippen LogP contribution is -2.39. The van der Waals surface area contributed by atoms with E-state index in [1.807, 2.05) is 13.8 Å². The van der Waals surface area contributed by atoms with Crippen LogP contribution in [-0.4, -0.2) is 54.0 Å². The number of hydrogen-bond acceptors (Lipinski definition) is 7. The van der Waals surface area contributed by atoms with E-state index in [2.05, 4.69) is 4.98 Å². The van der Waals surface area contributed by atoms with E-state index in [0.717, 1.165) is 21.0 Å². The highest BCUT2D eigenvalue weighted by Crippen LogP contribution is 2.34. The van der Waals surface area contributed by atoms with Gasteiger partial charge in [-0.25, -0.2) is 14.8 Å². The lowest BCUT2D eigenvalue weighted by molar-refractivity contribution is -0.0778. The minimum absolute atomic E-state index is 0.0279. The summed E-state index contributed by atoms with van der Waals surface area (Å²) in [7, 11) is 1.38. The van der Waals surface area contributed by atoms with Gasteiger partial charge in [0.1, 0.15) is 28.5 Å². The average molecular weight is 502 g/mol. The largest absolute Gasteiger partial charge is 0.389 e. The first-order valence-corrected chi connectivity index (χ1v) is 11.4. The number of halogens is 2. The summed E-state index contributed by atoms with van der Waals surface area (Å²) >= 11 is 13.5. The molecule has 1 aliphatic heterocycles. The van der Waals surface area contributed by atoms with E-state index in [9.17, 15) is 19.5 Å². The molecule has 0 unspecified atom stereocenters. The van der Waals surface area contributed by atoms with Crippen molar-refractivity contribution in [2.75, 3.05) is 13.2 Å². The number of carbonyl (C=O) groups excluding carboxylic acids is 1. The molecule has 1 atom stereocenters. The van der Waals surface area contributed by atoms with E-state index in [4.69, 9.17) is 28.0 Å². The second-order valence-electron chi connectivity index (χ2n) is 7.83. The van der Waals surface area contributed by atoms with E-state index in [1.54, 1.807) is 11.5 Å². The van der Waals surface area contributed by atoms with Crippen LogP contribution in [0.3, 0.4) is 0 Å². The van der Waals surface area contributed by atoms with Crippen LogP contribution in [0.15, 0.2) is 9.59 Å². The number of β-amino-alcohol motifs (C(OH)–C–C–N with tert-alkyl or cyclic N) is 1. The predicted molar refractivity (Wildman–Crippen MR) is 121 cm³/mol. The van der Waals surface area contributed by atoms with E-state index in [0.29, 0.717) is 15.5 Å². The van der Waals surface area contributed by atoms with Gasteiger partial charge in [-0.2, -0.15) is 0 Å². The SMILES string of the molecule is Cc1nc(Cl)c(Cl)n1Cc1sc2c(c1C(=O)N1C[C@H](O)CO1)c(=O)n(C)c(=O)n2C(C)C. The highest BCUT2D eigenvalue weighted by molar-refractivity contribution is 7.19. The van der Waals surface area contributed by atoms with Crippen molar-refractivity contribution in [1.82, 2.24) is 23.7 Å². The Labute approximate surface area is 196 Å². The number of thiophene rings is 1. The molecule has 4 rings (SSSR count). The Bertz CT molecular complexity index is 1360. The van der Waals surface area contributed by atoms with Gasteiger partial charge in [-0.05, 0) is 20.8 Å². The van der Waals surface area contributed by atoms with Crippen LogP contribution in [0.5, 0.6) is 0 Å². The number of hydroxylamine groups is 2. The second-order valence-corrected chi connectivity index (χ2v) is 9.63. The Hall–Kier alpha value is -2.18. The summed E-state index contributed by atoms with van der Waals surface area (Å²) in [6.07, 6.45) is -0.826. The van der Waals surface area contributed by atoms with Gasteiger partial charge in [0.15, 0.2) is 5.15 Å². The molecule has 1 fully saturated rings. The van der Waals surface area contributed by atoms with Gasteiger partial charge in [0, 0.05) is 18.0 Å². The smallest absolute Gasteiger partial charge is 0.332 e. The van der Waals surface area contributed by atoms with Crippen LogP contribution in [0.25, 0.3) is 10.2 Å². The fourth-order valence-corrected chi connectivity index (χ4v) is 5.54. The summed E-state index contributed by atoms with van der Waals surface area (Å²) in [6.45, 7) is 5.41. The maximum absolute atomic E-state index is 13.5. The van der Waals surface area contributed by atoms with Crippen LogP contribution >= 0.6 is 34.5 Å². The molecule has 32 heavy (non-hydrogen) atoms. The molecule has 1 saturated heterocycles. The van der Waals surface area contributed by atoms with E-state index in [-0.39, 0.29) is 47.0 Å². The van der Waals surface area contributed by atoms with Gasteiger partial charge >= 0.3 is 5.69 Å². The molecule has 3 aromatic heterocycles. The van der Waals surface area contributed by atoms with E-state index >= 15 is 0 Å². The topological polar surface area (TPSA) is 112 Å². The third-order valence-electron chi connectivity index (χ3n) is 5.31. The maximum atomic E-state index is 13.5. The molecule has 3 aromatic rings. The lowest BCUT2D eigenvalue weighted by Gasteiger charge is -2.16. The van der Waals surface area contributed by atoms with Crippen LogP contribution in [0, 0.1) is 6.92 Å². The number of aryl methyl sites for hydroxylation is 1. The fraction of sp³-hybridized carbons (Fsp3) is 0.474. The van der Waals surface area contributed by atoms with Crippen LogP contribution in [0.1, 0.15) is 40.9 Å². The number of amides is 1. The zero-order valence-corrected chi connectivity index (χ0v) is 20.1. The number of aliphatic hydroxyl groups excluding tert-OH is 1. The molecular formula is C19H21Cl2N5O5S. The molecule has 0 saturated carbocycles. The number of fused-ring (bicyclic) bond motifs is 1. The van der Waals surface area contributed by atoms with Crippen LogP contribution in [0.2, 0.25) is 10.3 Å². The van der Waals surface area contributed by atoms with Crippen molar-refractivity contribution in [3.63, 3.8) is 0 Å². The molecule has 0 spiro atoms. The second kappa shape index (κ2) is 8.31. The third-order valence-corrected chi connectivity index (χ3v) is 7.23. The zero-order valence-electron chi connectivity index (χ0n) is 17.8. The number of rotatable bonds is 4. The van der Waals surface area contributed by atoms with Crippen molar-refractivity contribution in [3.8, 4) is 0 Å². The molecule has 10 nitrogen and oxygen atoms in total. The summed E-state index contributed by atoms with van der Waals surface area (Å²) in [5.74, 6) is -0.0494. The minimum atomic E-state index is -0.826. The summed E-state index contributed by atoms with van der Waals surface area (Å²) in [4.78, 5) is 49.8. The van der Waals surface area contributed by atoms with Gasteiger partial charge in [0.25, 0.3) is 11.5 Å². The van der Waals surface area contributed by atoms with Gasteiger partial charge in [-0.1, -0.05) is 23.2 Å². The molecule has 0 aliphatic carbocycles. The molecular weight excluding hydrogens is 481 g/mol. The Morgan fingerprint density at radius 3 is 2.56 bits per heavy atom. The molecule has 0 radical (unpaired) electrons. The number of aliphatic hydroxyl groups is 1. The van der Waals surface area contributed by atoms with Gasteiger partial charge in [0.2, 0.25) is 0 Å². The van der Waals surface area contributed by atoms with Crippen molar-refractivity contribution < 1.29 is 14.7 Å². The van der Waals surface area contributed by atoms with Gasteiger partial charge in [0.05, 0.1) is 24.0 Å². The van der Waals surface area contributed by atoms with Crippen LogP contribution in [-0.2, 0) is 18.4 Å². The van der Waals surface area contributed by atoms with Crippen molar-refractivity contribution in [1.29, 1.82) is 0 Å². The average Bonchev–Trinajstić information content (AvgIpc) is 3.38. The van der Waals surface area contributed by atoms with E-state index in [1.165, 1.54) is 11.6 Å². The van der Waals surface area contributed by atoms with Gasteiger partial charge in [-0.3, -0.25) is 23.6 Å². The Kier molecular flexibility index (Phi) is 5.97. The highest BCUT2D eigenvalue weighted by atomic mass is 35.5. The summed E-state index contributed by atoms with van der Waals surface area (Å²) in [5.41, 5.74) is -0.953. The van der Waals surface area contributed by atoms with Gasteiger partial charge < -0.3 is 9.67 Å². The molecule has 1 aliphatic rings. The van der Waals surface area contributed by atoms with Crippen molar-refractivity contribution >= 4 is 50.7 Å². The van der Waals surface area contributed by atoms with Crippen molar-refractivity contribution in [2.45, 2.75) is 39.5 Å². The molecule has 0 aromatic carbocycles. The Balaban J connectivity index is 2.03. The molecule has 1 N–H and O–H groups in total. The number of aromatic nitrogens is 4. The van der Waals surface area contributed by atoms with E-state index < -0.39 is 23.3 Å². The maximum Gasteiger partial charge on any atom is 0.332 e. The molecule has 1 amide bonds. The lowest BCUT2D eigenvalue weighted by atomic mass is 10.1. The summed E-state index contributed by atoms with van der Waals surface area (Å²) in [5, 5.41) is 11.3. The van der Waals surface area contributed by atoms with Gasteiger partial charge in [-0.15, -0.1) is 11.3 Å². The first-order valence-electron chi connectivity index (χ1n) is 9.80. The van der Waals surface area contributed by atoms with Crippen molar-refractivity contribution in [3.05, 3.63) is 47.4 Å². The fourth-order valence-electron chi connectivity index (χ4n) is 3.70. The quantitative estimate of drug-likeness (QED) is 0.584. The van der Waals surface area contributed by atoms with Crippen molar-refractivity contribution in [2.24, 2.45) is 7.05 Å². The first kappa shape index (κ1) is 23.0. The third kappa shape index (κ3) is 3.57. The number of imidazole rings is 1. The minimum Gasteiger partial charge on any atom is -0.389 e. The number of hydrogen-bond donors (Lipinski definition) is 1. The van der Waals surface area contributed by atoms with Crippen LogP contribution in [0.4, 0.5) is 0 Å². The zero-order chi connectivity index (χ0) is 23.5. The summed E-state index contributed by atoms with van der Waals surface area (Å²) in [6, 6.07) is -0.260. The molecule has 13 heteroatoms. The Morgan fingerprint density at radius 1 is 1.34 bits per heavy atom. The normalized spacial score (nSPS) is 16.6. The predicted octanol–water partition coefficient (Wildman–Crippen LogP) is 1.95. The standard InChI is InChI=1S/C19H21Cl2N5O5S/c1-8(2)26-18-13(16(28)23(4)19(26)30)12(17(29)25-5-10(27)7-31-25)11(32-18)6-24-9(3)22-14(20)15(24)21/h8,10,27H,5-7H2,1-4H3/t10-/m0/s1.